The van der Waals surface area contributed by atoms with Crippen LogP contribution in [0.3, 0.4) is 0 Å². The van der Waals surface area contributed by atoms with Crippen molar-refractivity contribution in [2.75, 3.05) is 5.32 Å². The first-order valence-electron chi connectivity index (χ1n) is 10.6. The molecule has 14 heteroatoms. The van der Waals surface area contributed by atoms with Crippen molar-refractivity contribution in [1.82, 2.24) is 30.4 Å². The topological polar surface area (TPSA) is 142 Å². The van der Waals surface area contributed by atoms with Gasteiger partial charge in [0.15, 0.2) is 35.1 Å². The summed E-state index contributed by atoms with van der Waals surface area (Å²) in [6, 6.07) is 4.21. The van der Waals surface area contributed by atoms with E-state index in [-0.39, 0.29) is 16.5 Å². The molecule has 5 rings (SSSR count). The van der Waals surface area contributed by atoms with Gasteiger partial charge in [0.2, 0.25) is 5.91 Å². The van der Waals surface area contributed by atoms with Gasteiger partial charge in [-0.15, -0.1) is 0 Å². The molecule has 35 heavy (non-hydrogen) atoms. The minimum absolute atomic E-state index is 0.158. The number of rotatable bonds is 4. The molecule has 2 aliphatic heterocycles. The van der Waals surface area contributed by atoms with Gasteiger partial charge in [0.25, 0.3) is 5.91 Å². The number of amides is 2. The predicted molar refractivity (Wildman–Crippen MR) is 120 cm³/mol. The van der Waals surface area contributed by atoms with E-state index >= 15 is 0 Å². The average molecular weight is 506 g/mol. The van der Waals surface area contributed by atoms with E-state index in [1.54, 1.807) is 24.5 Å². The van der Waals surface area contributed by atoms with Crippen LogP contribution in [0.25, 0.3) is 11.2 Å². The summed E-state index contributed by atoms with van der Waals surface area (Å²) in [5.74, 6) is -2.32. The largest absolute Gasteiger partial charge is 0.341 e. The number of anilines is 2. The Morgan fingerprint density at radius 1 is 1.14 bits per heavy atom. The van der Waals surface area contributed by atoms with Crippen LogP contribution in [0.5, 0.6) is 0 Å². The van der Waals surface area contributed by atoms with E-state index in [0.29, 0.717) is 11.2 Å². The normalized spacial score (nSPS) is 24.8. The maximum absolute atomic E-state index is 14.3. The highest BCUT2D eigenvalue weighted by molar-refractivity contribution is 6.30. The first kappa shape index (κ1) is 23.4. The Morgan fingerprint density at radius 3 is 2.66 bits per heavy atom. The van der Waals surface area contributed by atoms with E-state index in [9.17, 15) is 14.0 Å². The molecule has 12 nitrogen and oxygen atoms in total. The number of hydrazine groups is 1. The molecule has 0 aliphatic carbocycles. The molecule has 0 bridgehead atoms. The minimum Gasteiger partial charge on any atom is -0.341 e. The van der Waals surface area contributed by atoms with Crippen LogP contribution in [-0.2, 0) is 23.8 Å². The summed E-state index contributed by atoms with van der Waals surface area (Å²) in [5, 5.41) is 3.16. The van der Waals surface area contributed by atoms with Crippen molar-refractivity contribution in [2.45, 2.75) is 51.1 Å². The summed E-state index contributed by atoms with van der Waals surface area (Å²) in [7, 11) is 0. The minimum atomic E-state index is -1.08. The second-order valence-corrected chi connectivity index (χ2v) is 8.91. The van der Waals surface area contributed by atoms with Crippen molar-refractivity contribution in [3.8, 4) is 0 Å². The van der Waals surface area contributed by atoms with Crippen molar-refractivity contribution >= 4 is 46.1 Å². The van der Waals surface area contributed by atoms with Crippen LogP contribution in [0.4, 0.5) is 15.9 Å². The number of hydrogen-bond acceptors (Lipinski definition) is 9. The Labute approximate surface area is 203 Å². The average Bonchev–Trinajstić information content (AvgIpc) is 3.45. The molecule has 0 unspecified atom stereocenters. The molecule has 1 aromatic carbocycles. The third kappa shape index (κ3) is 4.38. The number of carbonyl (C=O) groups is 2. The molecule has 184 valence electrons. The summed E-state index contributed by atoms with van der Waals surface area (Å²) in [6.07, 6.45) is -0.610. The molecular formula is C21H21ClFN7O5. The lowest BCUT2D eigenvalue weighted by Gasteiger charge is -2.24. The molecule has 2 aromatic heterocycles. The quantitative estimate of drug-likeness (QED) is 0.453. The number of ether oxygens (including phenoxy) is 3. The second kappa shape index (κ2) is 8.68. The summed E-state index contributed by atoms with van der Waals surface area (Å²) >= 11 is 5.83. The lowest BCUT2D eigenvalue weighted by molar-refractivity contribution is -0.197. The Kier molecular flexibility index (Phi) is 5.79. The summed E-state index contributed by atoms with van der Waals surface area (Å²) in [4.78, 5) is 36.8. The molecule has 0 radical (unpaired) electrons. The van der Waals surface area contributed by atoms with Crippen LogP contribution in [0, 0.1) is 5.82 Å². The predicted octanol–water partition coefficient (Wildman–Crippen LogP) is 1.95. The molecule has 2 aliphatic rings. The third-order valence-electron chi connectivity index (χ3n) is 5.47. The van der Waals surface area contributed by atoms with Crippen molar-refractivity contribution in [1.29, 1.82) is 0 Å². The van der Waals surface area contributed by atoms with E-state index in [1.807, 2.05) is 0 Å². The summed E-state index contributed by atoms with van der Waals surface area (Å²) in [5.41, 5.74) is 5.40. The molecule has 2 saturated heterocycles. The highest BCUT2D eigenvalue weighted by Gasteiger charge is 2.58. The molecule has 3 N–H and O–H groups in total. The fraction of sp³-hybridized carbons (Fsp3) is 0.381. The Hall–Kier alpha value is -3.39. The van der Waals surface area contributed by atoms with Crippen LogP contribution >= 0.6 is 11.6 Å². The molecule has 4 heterocycles. The van der Waals surface area contributed by atoms with Crippen molar-refractivity contribution in [3.05, 3.63) is 41.7 Å². The van der Waals surface area contributed by atoms with Crippen LogP contribution < -0.4 is 16.2 Å². The molecule has 0 saturated carbocycles. The van der Waals surface area contributed by atoms with Gasteiger partial charge < -0.3 is 19.5 Å². The number of nitrogens with zero attached hydrogens (tertiary/aromatic N) is 4. The van der Waals surface area contributed by atoms with Crippen molar-refractivity contribution < 1.29 is 28.2 Å². The number of fused-ring (bicyclic) bond motifs is 2. The zero-order valence-corrected chi connectivity index (χ0v) is 19.5. The highest BCUT2D eigenvalue weighted by atomic mass is 35.5. The van der Waals surface area contributed by atoms with Crippen LogP contribution in [0.1, 0.15) is 27.0 Å². The fourth-order valence-corrected chi connectivity index (χ4v) is 4.24. The Balaban J connectivity index is 1.47. The molecule has 3 aromatic rings. The van der Waals surface area contributed by atoms with Gasteiger partial charge in [0.05, 0.1) is 12.0 Å². The number of halogens is 2. The zero-order valence-electron chi connectivity index (χ0n) is 18.8. The summed E-state index contributed by atoms with van der Waals surface area (Å²) < 4.78 is 33.9. The fourth-order valence-electron chi connectivity index (χ4n) is 4.08. The number of hydrogen-bond donors (Lipinski definition) is 3. The Bertz CT molecular complexity index is 1320. The molecule has 2 fully saturated rings. The van der Waals surface area contributed by atoms with Gasteiger partial charge in [-0.1, -0.05) is 11.6 Å². The lowest BCUT2D eigenvalue weighted by atomic mass is 10.1. The van der Waals surface area contributed by atoms with Crippen LogP contribution in [0.2, 0.25) is 5.02 Å². The first-order chi connectivity index (χ1) is 16.6. The smallest absolute Gasteiger partial charge is 0.270 e. The van der Waals surface area contributed by atoms with Gasteiger partial charge in [-0.3, -0.25) is 25.0 Å². The molecular weight excluding hydrogens is 485 g/mol. The van der Waals surface area contributed by atoms with Crippen molar-refractivity contribution in [3.63, 3.8) is 0 Å². The van der Waals surface area contributed by atoms with E-state index in [2.05, 4.69) is 31.1 Å². The number of imidazole rings is 1. The lowest BCUT2D eigenvalue weighted by Crippen LogP contribution is -2.49. The maximum atomic E-state index is 14.3. The number of carbonyl (C=O) groups excluding carboxylic acids is 2. The van der Waals surface area contributed by atoms with Gasteiger partial charge in [-0.25, -0.2) is 19.3 Å². The number of nitrogens with one attached hydrogen (secondary N) is 3. The summed E-state index contributed by atoms with van der Waals surface area (Å²) in [6.45, 7) is 4.71. The van der Waals surface area contributed by atoms with Gasteiger partial charge in [-0.2, -0.15) is 0 Å². The maximum Gasteiger partial charge on any atom is 0.270 e. The highest BCUT2D eigenvalue weighted by Crippen LogP contribution is 2.44. The van der Waals surface area contributed by atoms with Gasteiger partial charge in [-0.05, 0) is 32.0 Å². The SMILES string of the molecule is CC(=O)NNC(=O)[C@H]1O[C@@H](n2cnc3c(Nc4ccc(Cl)cc4F)ncnc32)[C@H]2OC(C)(C)O[C@H]21. The Morgan fingerprint density at radius 2 is 1.91 bits per heavy atom. The van der Waals surface area contributed by atoms with Crippen molar-refractivity contribution in [2.24, 2.45) is 0 Å². The van der Waals surface area contributed by atoms with Gasteiger partial charge in [0.1, 0.15) is 24.4 Å². The second-order valence-electron chi connectivity index (χ2n) is 8.48. The van der Waals surface area contributed by atoms with Gasteiger partial charge in [0, 0.05) is 11.9 Å². The van der Waals surface area contributed by atoms with Crippen LogP contribution in [0.15, 0.2) is 30.9 Å². The van der Waals surface area contributed by atoms with E-state index < -0.39 is 48.0 Å². The molecule has 0 spiro atoms. The van der Waals surface area contributed by atoms with E-state index in [0.717, 1.165) is 0 Å². The van der Waals surface area contributed by atoms with Gasteiger partial charge >= 0.3 is 0 Å². The van der Waals surface area contributed by atoms with Crippen LogP contribution in [-0.4, -0.2) is 55.4 Å². The zero-order chi connectivity index (χ0) is 24.9. The van der Waals surface area contributed by atoms with E-state index in [4.69, 9.17) is 25.8 Å². The van der Waals surface area contributed by atoms with E-state index in [1.165, 1.54) is 31.7 Å². The standard InChI is InChI=1S/C21H21ClFN7O5/c1-9(31)28-29-19(32)15-14-16(35-21(2,3)34-14)20(33-15)30-8-26-13-17(24-7-25-18(13)30)27-12-5-4-10(22)6-11(12)23/h4-8,14-16,20H,1-3H3,(H,28,31)(H,29,32)(H,24,25,27)/t14-,15-,16-,20+/m0/s1. The first-order valence-corrected chi connectivity index (χ1v) is 11.0. The molecule has 2 amide bonds. The monoisotopic (exact) mass is 505 g/mol. The third-order valence-corrected chi connectivity index (χ3v) is 5.70. The number of aromatic nitrogens is 4. The number of benzene rings is 1. The molecule has 4 atom stereocenters.